The van der Waals surface area contributed by atoms with E-state index in [-0.39, 0.29) is 18.0 Å². The van der Waals surface area contributed by atoms with Gasteiger partial charge in [0.25, 0.3) is 0 Å². The van der Waals surface area contributed by atoms with Crippen LogP contribution in [-0.2, 0) is 23.8 Å². The summed E-state index contributed by atoms with van der Waals surface area (Å²) in [4.78, 5) is 26.3. The maximum absolute atomic E-state index is 13.2. The van der Waals surface area contributed by atoms with Gasteiger partial charge in [0.15, 0.2) is 0 Å². The van der Waals surface area contributed by atoms with E-state index in [1.54, 1.807) is 0 Å². The monoisotopic (exact) mass is 803 g/mol. The van der Waals surface area contributed by atoms with Crippen molar-refractivity contribution in [2.24, 2.45) is 5.92 Å². The van der Waals surface area contributed by atoms with E-state index in [9.17, 15) is 9.59 Å². The van der Waals surface area contributed by atoms with E-state index >= 15 is 0 Å². The second-order valence-corrected chi connectivity index (χ2v) is 18.6. The van der Waals surface area contributed by atoms with E-state index in [2.05, 4.69) is 13.8 Å². The van der Waals surface area contributed by atoms with E-state index in [0.29, 0.717) is 19.6 Å². The maximum Gasteiger partial charge on any atom is 0.342 e. The summed E-state index contributed by atoms with van der Waals surface area (Å²) in [7, 11) is 0. The molecule has 0 radical (unpaired) electrons. The first-order valence-electron chi connectivity index (χ1n) is 26.2. The molecule has 0 N–H and O–H groups in total. The number of carbonyl (C=O) groups excluding carboxylic acids is 2. The molecule has 2 aliphatic rings. The topological polar surface area (TPSA) is 65.1 Å². The second-order valence-electron chi connectivity index (χ2n) is 18.6. The van der Waals surface area contributed by atoms with Crippen molar-refractivity contribution in [2.45, 2.75) is 302 Å². The van der Waals surface area contributed by atoms with Crippen molar-refractivity contribution in [2.75, 3.05) is 13.2 Å². The summed E-state index contributed by atoms with van der Waals surface area (Å²) in [5, 5.41) is 0. The molecule has 2 rings (SSSR count). The Kier molecular flexibility index (Phi) is 34.6. The summed E-state index contributed by atoms with van der Waals surface area (Å²) in [5.41, 5.74) is -1.07. The average molecular weight is 803 g/mol. The lowest BCUT2D eigenvalue weighted by molar-refractivity contribution is -0.163. The lowest BCUT2D eigenvalue weighted by Gasteiger charge is -2.25. The molecule has 1 aliphatic carbocycles. The Labute approximate surface area is 355 Å². The number of unbranched alkanes of at least 4 members (excludes halogenated alkanes) is 38. The van der Waals surface area contributed by atoms with E-state index in [0.717, 1.165) is 38.5 Å². The molecule has 3 unspecified atom stereocenters. The first-order chi connectivity index (χ1) is 28.2. The van der Waals surface area contributed by atoms with Crippen LogP contribution in [0.15, 0.2) is 0 Å². The highest BCUT2D eigenvalue weighted by Gasteiger charge is 2.71. The third-order valence-corrected chi connectivity index (χ3v) is 13.3. The standard InChI is InChI=1S/C52H98O5/c1-3-5-7-9-11-13-15-17-19-21-23-25-27-29-31-33-35-37-39-41-46-55-50(53)48-44-43-45-49-52(48,57-49)51(54)56-47-42-40-38-36-34-32-30-28-26-24-22-20-18-16-14-12-10-8-6-4-2/h48-49H,3-47H2,1-2H3. The Balaban J connectivity index is 1.35. The molecule has 57 heavy (non-hydrogen) atoms. The van der Waals surface area contributed by atoms with Crippen molar-refractivity contribution >= 4 is 11.9 Å². The zero-order valence-electron chi connectivity index (χ0n) is 38.5. The fraction of sp³-hybridized carbons (Fsp3) is 0.962. The zero-order valence-corrected chi connectivity index (χ0v) is 38.5. The summed E-state index contributed by atoms with van der Waals surface area (Å²) in [5.74, 6) is -1.10. The predicted molar refractivity (Wildman–Crippen MR) is 243 cm³/mol. The molecule has 1 saturated carbocycles. The summed E-state index contributed by atoms with van der Waals surface area (Å²) in [6, 6.07) is 0. The summed E-state index contributed by atoms with van der Waals surface area (Å²) in [6.07, 6.45) is 56.3. The van der Waals surface area contributed by atoms with Crippen molar-refractivity contribution in [3.05, 3.63) is 0 Å². The van der Waals surface area contributed by atoms with Crippen LogP contribution in [0, 0.1) is 5.92 Å². The Morgan fingerprint density at radius 2 is 0.684 bits per heavy atom. The molecule has 1 heterocycles. The Morgan fingerprint density at radius 3 is 1.00 bits per heavy atom. The molecule has 1 saturated heterocycles. The van der Waals surface area contributed by atoms with Gasteiger partial charge in [-0.25, -0.2) is 4.79 Å². The van der Waals surface area contributed by atoms with Crippen LogP contribution >= 0.6 is 0 Å². The molecular formula is C52H98O5. The molecule has 5 heteroatoms. The number of hydrogen-bond donors (Lipinski definition) is 0. The lowest BCUT2D eigenvalue weighted by atomic mass is 9.79. The predicted octanol–water partition coefficient (Wildman–Crippen LogP) is 16.7. The van der Waals surface area contributed by atoms with Gasteiger partial charge in [0, 0.05) is 0 Å². The van der Waals surface area contributed by atoms with E-state index in [1.807, 2.05) is 0 Å². The summed E-state index contributed by atoms with van der Waals surface area (Å²) >= 11 is 0. The molecule has 3 atom stereocenters. The van der Waals surface area contributed by atoms with Gasteiger partial charge in [0.2, 0.25) is 5.60 Å². The first-order valence-corrected chi connectivity index (χ1v) is 26.2. The molecule has 0 aromatic carbocycles. The lowest BCUT2D eigenvalue weighted by Crippen LogP contribution is -2.44. The van der Waals surface area contributed by atoms with Gasteiger partial charge in [-0.1, -0.05) is 258 Å². The molecule has 0 bridgehead atoms. The van der Waals surface area contributed by atoms with Crippen molar-refractivity contribution in [1.82, 2.24) is 0 Å². The molecule has 0 aromatic heterocycles. The minimum absolute atomic E-state index is 0.175. The van der Waals surface area contributed by atoms with Crippen LogP contribution in [0.3, 0.4) is 0 Å². The van der Waals surface area contributed by atoms with Crippen LogP contribution in [-0.4, -0.2) is 36.9 Å². The quantitative estimate of drug-likeness (QED) is 0.0349. The number of ether oxygens (including phenoxy) is 3. The molecule has 0 aromatic rings. The van der Waals surface area contributed by atoms with Crippen molar-refractivity contribution in [1.29, 1.82) is 0 Å². The van der Waals surface area contributed by atoms with Crippen LogP contribution in [0.4, 0.5) is 0 Å². The highest BCUT2D eigenvalue weighted by molar-refractivity contribution is 5.91. The second kappa shape index (κ2) is 37.9. The van der Waals surface area contributed by atoms with Crippen LogP contribution in [0.25, 0.3) is 0 Å². The molecule has 1 aliphatic heterocycles. The normalized spacial score (nSPS) is 18.8. The van der Waals surface area contributed by atoms with Gasteiger partial charge in [0.05, 0.1) is 25.2 Å². The van der Waals surface area contributed by atoms with Crippen LogP contribution in [0.5, 0.6) is 0 Å². The Morgan fingerprint density at radius 1 is 0.404 bits per heavy atom. The fourth-order valence-corrected chi connectivity index (χ4v) is 9.38. The Bertz CT molecular complexity index is 905. The molecule has 0 amide bonds. The van der Waals surface area contributed by atoms with Gasteiger partial charge in [-0.15, -0.1) is 0 Å². The molecule has 2 fully saturated rings. The number of fused-ring (bicyclic) bond motifs is 1. The van der Waals surface area contributed by atoms with Gasteiger partial charge >= 0.3 is 11.9 Å². The number of epoxide rings is 1. The van der Waals surface area contributed by atoms with Gasteiger partial charge in [-0.2, -0.15) is 0 Å². The van der Waals surface area contributed by atoms with Gasteiger partial charge < -0.3 is 14.2 Å². The largest absolute Gasteiger partial charge is 0.465 e. The number of carbonyl (C=O) groups is 2. The van der Waals surface area contributed by atoms with Crippen molar-refractivity contribution in [3.63, 3.8) is 0 Å². The maximum atomic E-state index is 13.2. The van der Waals surface area contributed by atoms with E-state index in [4.69, 9.17) is 14.2 Å². The van der Waals surface area contributed by atoms with Gasteiger partial charge in [-0.05, 0) is 32.1 Å². The number of esters is 2. The highest BCUT2D eigenvalue weighted by atomic mass is 16.7. The molecule has 0 spiro atoms. The van der Waals surface area contributed by atoms with E-state index in [1.165, 1.54) is 231 Å². The summed E-state index contributed by atoms with van der Waals surface area (Å²) < 4.78 is 17.4. The molecule has 336 valence electrons. The van der Waals surface area contributed by atoms with Gasteiger partial charge in [0.1, 0.15) is 0 Å². The fourth-order valence-electron chi connectivity index (χ4n) is 9.38. The third kappa shape index (κ3) is 26.7. The van der Waals surface area contributed by atoms with E-state index < -0.39 is 11.5 Å². The van der Waals surface area contributed by atoms with Gasteiger partial charge in [-0.3, -0.25) is 4.79 Å². The van der Waals surface area contributed by atoms with Crippen LogP contribution < -0.4 is 0 Å². The SMILES string of the molecule is CCCCCCCCCCCCCCCCCCCCCCOC(=O)C1CCCC2OC21C(=O)OCCCCCCCCCCCCCCCCCCCCCC. The third-order valence-electron chi connectivity index (χ3n) is 13.3. The number of rotatable bonds is 44. The molecule has 5 nitrogen and oxygen atoms in total. The smallest absolute Gasteiger partial charge is 0.342 e. The highest BCUT2D eigenvalue weighted by Crippen LogP contribution is 2.52. The zero-order chi connectivity index (χ0) is 40.8. The summed E-state index contributed by atoms with van der Waals surface area (Å²) in [6.45, 7) is 5.46. The van der Waals surface area contributed by atoms with Crippen LogP contribution in [0.1, 0.15) is 290 Å². The van der Waals surface area contributed by atoms with Crippen LogP contribution in [0.2, 0.25) is 0 Å². The minimum atomic E-state index is -1.07. The Hall–Kier alpha value is -1.10. The van der Waals surface area contributed by atoms with Crippen molar-refractivity contribution in [3.8, 4) is 0 Å². The first kappa shape index (κ1) is 52.0. The molecular weight excluding hydrogens is 705 g/mol. The minimum Gasteiger partial charge on any atom is -0.465 e. The average Bonchev–Trinajstić information content (AvgIpc) is 3.98. The van der Waals surface area contributed by atoms with Crippen molar-refractivity contribution < 1.29 is 23.8 Å². The number of hydrogen-bond acceptors (Lipinski definition) is 5.